The highest BCUT2D eigenvalue weighted by molar-refractivity contribution is 5.85. The number of rotatable bonds is 9. The minimum Gasteiger partial charge on any atom is -0.465 e. The highest BCUT2D eigenvalue weighted by atomic mass is 19.1. The number of hydrogen-bond donors (Lipinski definition) is 3. The summed E-state index contributed by atoms with van der Waals surface area (Å²) < 4.78 is 12.6. The van der Waals surface area contributed by atoms with Crippen LogP contribution in [0.15, 0.2) is 54.6 Å². The van der Waals surface area contributed by atoms with Gasteiger partial charge in [0, 0.05) is 31.7 Å². The van der Waals surface area contributed by atoms with Crippen molar-refractivity contribution in [3.63, 3.8) is 0 Å². The van der Waals surface area contributed by atoms with Crippen LogP contribution in [0.25, 0.3) is 0 Å². The molecule has 3 rings (SSSR count). The van der Waals surface area contributed by atoms with Gasteiger partial charge < -0.3 is 20.6 Å². The fourth-order valence-electron chi connectivity index (χ4n) is 3.96. The quantitative estimate of drug-likeness (QED) is 0.563. The van der Waals surface area contributed by atoms with Crippen LogP contribution in [0.3, 0.4) is 0 Å². The molecule has 1 atom stereocenters. The van der Waals surface area contributed by atoms with Gasteiger partial charge in [-0.1, -0.05) is 42.5 Å². The smallest absolute Gasteiger partial charge is 0.405 e. The highest BCUT2D eigenvalue weighted by Crippen LogP contribution is 2.22. The molecular weight excluding hydrogens is 397 g/mol. The summed E-state index contributed by atoms with van der Waals surface area (Å²) in [6.07, 6.45) is 1.12. The molecule has 7 heteroatoms. The predicted octanol–water partition coefficient (Wildman–Crippen LogP) is 4.08. The molecule has 0 radical (unpaired) electrons. The average Bonchev–Trinajstić information content (AvgIpc) is 2.79. The molecule has 0 saturated carbocycles. The molecule has 31 heavy (non-hydrogen) atoms. The zero-order valence-corrected chi connectivity index (χ0v) is 17.6. The van der Waals surface area contributed by atoms with Gasteiger partial charge in [-0.05, 0) is 48.4 Å². The Labute approximate surface area is 182 Å². The Morgan fingerprint density at radius 1 is 1.03 bits per heavy atom. The number of amides is 2. The Morgan fingerprint density at radius 3 is 2.32 bits per heavy atom. The van der Waals surface area contributed by atoms with Gasteiger partial charge in [0.25, 0.3) is 0 Å². The van der Waals surface area contributed by atoms with Crippen molar-refractivity contribution in [1.82, 2.24) is 10.2 Å². The number of piperidine rings is 1. The number of likely N-dealkylation sites (tertiary alicyclic amines) is 1. The number of carbonyl (C=O) groups excluding carboxylic acids is 1. The molecule has 166 valence electrons. The molecule has 0 unspecified atom stereocenters. The third-order valence-electron chi connectivity index (χ3n) is 5.77. The molecule has 3 N–H and O–H groups in total. The van der Waals surface area contributed by atoms with Gasteiger partial charge in [-0.3, -0.25) is 9.18 Å². The molecule has 2 aromatic rings. The standard InChI is InChI=1S/C24H30FN3O3/c25-13-10-18-11-14-28(15-12-18)23(29)22(27-24(30)31)16-19-6-8-21(9-7-19)26-17-20-4-2-1-3-5-20/h1-9,18,22,26-27H,10-17H2,(H,30,31)/t22-/m0/s1. The molecule has 2 aromatic carbocycles. The SMILES string of the molecule is O=C(O)N[C@@H](Cc1ccc(NCc2ccccc2)cc1)C(=O)N1CCC(CCF)CC1. The minimum atomic E-state index is -1.22. The fraction of sp³-hybridized carbons (Fsp3) is 0.417. The van der Waals surface area contributed by atoms with E-state index in [0.29, 0.717) is 32.0 Å². The number of halogens is 1. The van der Waals surface area contributed by atoms with Crippen LogP contribution in [0.4, 0.5) is 14.9 Å². The molecule has 1 saturated heterocycles. The molecule has 1 aliphatic heterocycles. The Hall–Kier alpha value is -3.09. The van der Waals surface area contributed by atoms with Crippen molar-refractivity contribution in [3.8, 4) is 0 Å². The first-order valence-electron chi connectivity index (χ1n) is 10.8. The van der Waals surface area contributed by atoms with Crippen LogP contribution < -0.4 is 10.6 Å². The summed E-state index contributed by atoms with van der Waals surface area (Å²) in [6.45, 7) is 1.46. The molecule has 1 heterocycles. The number of nitrogens with one attached hydrogen (secondary N) is 2. The molecule has 0 spiro atoms. The second-order valence-electron chi connectivity index (χ2n) is 7.99. The van der Waals surface area contributed by atoms with Crippen LogP contribution in [-0.4, -0.2) is 47.8 Å². The molecule has 0 aromatic heterocycles. The van der Waals surface area contributed by atoms with E-state index in [9.17, 15) is 19.1 Å². The first kappa shape index (κ1) is 22.6. The van der Waals surface area contributed by atoms with Gasteiger partial charge in [-0.15, -0.1) is 0 Å². The van der Waals surface area contributed by atoms with E-state index in [1.54, 1.807) is 4.90 Å². The zero-order chi connectivity index (χ0) is 22.1. The summed E-state index contributed by atoms with van der Waals surface area (Å²) in [6, 6.07) is 16.9. The van der Waals surface area contributed by atoms with E-state index < -0.39 is 12.1 Å². The largest absolute Gasteiger partial charge is 0.465 e. The highest BCUT2D eigenvalue weighted by Gasteiger charge is 2.29. The van der Waals surface area contributed by atoms with E-state index >= 15 is 0 Å². The predicted molar refractivity (Wildman–Crippen MR) is 119 cm³/mol. The summed E-state index contributed by atoms with van der Waals surface area (Å²) in [7, 11) is 0. The molecule has 1 fully saturated rings. The van der Waals surface area contributed by atoms with Gasteiger partial charge in [0.2, 0.25) is 5.91 Å². The average molecular weight is 428 g/mol. The summed E-state index contributed by atoms with van der Waals surface area (Å²) in [5, 5.41) is 14.9. The monoisotopic (exact) mass is 427 g/mol. The number of alkyl halides is 1. The maximum Gasteiger partial charge on any atom is 0.405 e. The van der Waals surface area contributed by atoms with E-state index in [1.807, 2.05) is 42.5 Å². The van der Waals surface area contributed by atoms with Crippen molar-refractivity contribution in [1.29, 1.82) is 0 Å². The van der Waals surface area contributed by atoms with Gasteiger partial charge in [0.15, 0.2) is 0 Å². The fourth-order valence-corrected chi connectivity index (χ4v) is 3.96. The van der Waals surface area contributed by atoms with Crippen molar-refractivity contribution in [2.75, 3.05) is 25.1 Å². The lowest BCUT2D eigenvalue weighted by molar-refractivity contribution is -0.134. The van der Waals surface area contributed by atoms with Crippen LogP contribution in [0, 0.1) is 5.92 Å². The van der Waals surface area contributed by atoms with Gasteiger partial charge in [0.05, 0.1) is 6.67 Å². The molecule has 0 bridgehead atoms. The Kier molecular flexibility index (Phi) is 8.27. The number of hydrogen-bond acceptors (Lipinski definition) is 3. The number of carboxylic acid groups (broad SMARTS) is 1. The maximum atomic E-state index is 12.9. The summed E-state index contributed by atoms with van der Waals surface area (Å²) in [4.78, 5) is 25.9. The second-order valence-corrected chi connectivity index (χ2v) is 7.99. The normalized spacial score (nSPS) is 15.3. The van der Waals surface area contributed by atoms with Gasteiger partial charge in [-0.2, -0.15) is 0 Å². The van der Waals surface area contributed by atoms with Crippen molar-refractivity contribution in [3.05, 3.63) is 65.7 Å². The van der Waals surface area contributed by atoms with Crippen LogP contribution in [0.1, 0.15) is 30.4 Å². The Balaban J connectivity index is 1.57. The van der Waals surface area contributed by atoms with E-state index in [2.05, 4.69) is 22.8 Å². The van der Waals surface area contributed by atoms with Crippen molar-refractivity contribution in [2.45, 2.75) is 38.3 Å². The van der Waals surface area contributed by atoms with Crippen LogP contribution in [0.5, 0.6) is 0 Å². The summed E-state index contributed by atoms with van der Waals surface area (Å²) in [5.74, 6) is 0.0863. The molecule has 2 amide bonds. The number of nitrogens with zero attached hydrogens (tertiary/aromatic N) is 1. The van der Waals surface area contributed by atoms with Crippen LogP contribution in [-0.2, 0) is 17.8 Å². The third-order valence-corrected chi connectivity index (χ3v) is 5.77. The first-order chi connectivity index (χ1) is 15.0. The lowest BCUT2D eigenvalue weighted by atomic mass is 9.93. The van der Waals surface area contributed by atoms with E-state index in [4.69, 9.17) is 0 Å². The Bertz CT molecular complexity index is 837. The van der Waals surface area contributed by atoms with Gasteiger partial charge in [0.1, 0.15) is 6.04 Å². The van der Waals surface area contributed by atoms with Crippen molar-refractivity contribution >= 4 is 17.7 Å². The maximum absolute atomic E-state index is 12.9. The third kappa shape index (κ3) is 6.98. The molecule has 0 aliphatic carbocycles. The lowest BCUT2D eigenvalue weighted by Gasteiger charge is -2.34. The first-order valence-corrected chi connectivity index (χ1v) is 10.8. The molecular formula is C24H30FN3O3. The minimum absolute atomic E-state index is 0.215. The van der Waals surface area contributed by atoms with Crippen molar-refractivity contribution in [2.24, 2.45) is 5.92 Å². The van der Waals surface area contributed by atoms with Crippen LogP contribution >= 0.6 is 0 Å². The van der Waals surface area contributed by atoms with E-state index in [1.165, 1.54) is 5.56 Å². The number of benzene rings is 2. The van der Waals surface area contributed by atoms with E-state index in [0.717, 1.165) is 24.1 Å². The molecule has 6 nitrogen and oxygen atoms in total. The lowest BCUT2D eigenvalue weighted by Crippen LogP contribution is -2.51. The van der Waals surface area contributed by atoms with Crippen LogP contribution in [0.2, 0.25) is 0 Å². The van der Waals surface area contributed by atoms with Gasteiger partial charge in [-0.25, -0.2) is 4.79 Å². The second kappa shape index (κ2) is 11.3. The molecule has 1 aliphatic rings. The number of carbonyl (C=O) groups is 2. The van der Waals surface area contributed by atoms with Crippen molar-refractivity contribution < 1.29 is 19.1 Å². The summed E-state index contributed by atoms with van der Waals surface area (Å²) in [5.41, 5.74) is 3.01. The topological polar surface area (TPSA) is 81.7 Å². The number of anilines is 1. The Morgan fingerprint density at radius 2 is 1.71 bits per heavy atom. The van der Waals surface area contributed by atoms with E-state index in [-0.39, 0.29) is 19.0 Å². The van der Waals surface area contributed by atoms with Gasteiger partial charge >= 0.3 is 6.09 Å². The summed E-state index contributed by atoms with van der Waals surface area (Å²) >= 11 is 0. The zero-order valence-electron chi connectivity index (χ0n) is 17.6.